The SMILES string of the molecule is COc1cccc2c1OCC(CNCCCOc1cccc(N)c1)O2. The Morgan fingerprint density at radius 3 is 2.96 bits per heavy atom. The lowest BCUT2D eigenvalue weighted by atomic mass is 10.2. The average Bonchev–Trinajstić information content (AvgIpc) is 2.64. The van der Waals surface area contributed by atoms with E-state index in [4.69, 9.17) is 24.7 Å². The number of fused-ring (bicyclic) bond motifs is 1. The first kappa shape index (κ1) is 17.2. The quantitative estimate of drug-likeness (QED) is 0.566. The number of benzene rings is 2. The molecule has 0 aliphatic carbocycles. The number of nitrogens with one attached hydrogen (secondary N) is 1. The number of hydrogen-bond donors (Lipinski definition) is 2. The lowest BCUT2D eigenvalue weighted by Gasteiger charge is -2.27. The van der Waals surface area contributed by atoms with Gasteiger partial charge in [0.1, 0.15) is 18.5 Å². The minimum absolute atomic E-state index is 0.0190. The van der Waals surface area contributed by atoms with Crippen molar-refractivity contribution in [2.75, 3.05) is 39.1 Å². The molecule has 0 amide bonds. The molecule has 0 saturated heterocycles. The Hall–Kier alpha value is -2.60. The fourth-order valence-electron chi connectivity index (χ4n) is 2.64. The first-order valence-electron chi connectivity index (χ1n) is 8.42. The van der Waals surface area contributed by atoms with E-state index < -0.39 is 0 Å². The van der Waals surface area contributed by atoms with Gasteiger partial charge in [-0.1, -0.05) is 12.1 Å². The third-order valence-corrected chi connectivity index (χ3v) is 3.87. The summed E-state index contributed by atoms with van der Waals surface area (Å²) in [6.07, 6.45) is 0.877. The summed E-state index contributed by atoms with van der Waals surface area (Å²) in [6, 6.07) is 13.1. The van der Waals surface area contributed by atoms with E-state index in [9.17, 15) is 0 Å². The number of ether oxygens (including phenoxy) is 4. The molecule has 0 spiro atoms. The molecule has 1 heterocycles. The molecule has 1 atom stereocenters. The zero-order valence-electron chi connectivity index (χ0n) is 14.4. The molecule has 1 aliphatic rings. The van der Waals surface area contributed by atoms with Gasteiger partial charge in [0.05, 0.1) is 13.7 Å². The summed E-state index contributed by atoms with van der Waals surface area (Å²) in [5, 5.41) is 3.37. The predicted molar refractivity (Wildman–Crippen MR) is 96.7 cm³/mol. The summed E-state index contributed by atoms with van der Waals surface area (Å²) in [5.74, 6) is 2.90. The van der Waals surface area contributed by atoms with Gasteiger partial charge < -0.3 is 30.0 Å². The van der Waals surface area contributed by atoms with Crippen molar-refractivity contribution in [3.05, 3.63) is 42.5 Å². The Labute approximate surface area is 147 Å². The highest BCUT2D eigenvalue weighted by molar-refractivity contribution is 5.52. The van der Waals surface area contributed by atoms with E-state index >= 15 is 0 Å². The van der Waals surface area contributed by atoms with E-state index in [-0.39, 0.29) is 6.10 Å². The molecule has 134 valence electrons. The summed E-state index contributed by atoms with van der Waals surface area (Å²) in [7, 11) is 1.62. The second kappa shape index (κ2) is 8.48. The minimum Gasteiger partial charge on any atom is -0.493 e. The number of hydrogen-bond acceptors (Lipinski definition) is 6. The molecule has 6 heteroatoms. The van der Waals surface area contributed by atoms with Gasteiger partial charge in [0.25, 0.3) is 0 Å². The first-order chi connectivity index (χ1) is 12.3. The summed E-state index contributed by atoms with van der Waals surface area (Å²) in [5.41, 5.74) is 6.43. The van der Waals surface area contributed by atoms with Crippen molar-refractivity contribution in [1.82, 2.24) is 5.32 Å². The maximum atomic E-state index is 5.95. The summed E-state index contributed by atoms with van der Waals surface area (Å²) in [6.45, 7) is 2.70. The van der Waals surface area contributed by atoms with Gasteiger partial charge >= 0.3 is 0 Å². The van der Waals surface area contributed by atoms with Crippen LogP contribution in [-0.4, -0.2) is 39.5 Å². The van der Waals surface area contributed by atoms with E-state index in [0.717, 1.165) is 31.0 Å². The van der Waals surface area contributed by atoms with E-state index in [1.807, 2.05) is 42.5 Å². The number of nitrogen functional groups attached to an aromatic ring is 1. The standard InChI is InChI=1S/C19H24N2O4/c1-22-17-7-3-8-18-19(17)24-13-16(25-18)12-21-9-4-10-23-15-6-2-5-14(20)11-15/h2-3,5-8,11,16,21H,4,9-10,12-13,20H2,1H3. The van der Waals surface area contributed by atoms with Crippen molar-refractivity contribution >= 4 is 5.69 Å². The highest BCUT2D eigenvalue weighted by Gasteiger charge is 2.23. The molecule has 0 saturated carbocycles. The molecule has 3 rings (SSSR count). The normalized spacial score (nSPS) is 15.6. The van der Waals surface area contributed by atoms with Crippen LogP contribution in [0.25, 0.3) is 0 Å². The van der Waals surface area contributed by atoms with Gasteiger partial charge in [-0.15, -0.1) is 0 Å². The molecule has 1 aliphatic heterocycles. The van der Waals surface area contributed by atoms with Crippen LogP contribution in [0.2, 0.25) is 0 Å². The number of anilines is 1. The largest absolute Gasteiger partial charge is 0.493 e. The fourth-order valence-corrected chi connectivity index (χ4v) is 2.64. The molecule has 6 nitrogen and oxygen atoms in total. The Balaban J connectivity index is 1.34. The van der Waals surface area contributed by atoms with Crippen molar-refractivity contribution in [1.29, 1.82) is 0 Å². The van der Waals surface area contributed by atoms with Crippen LogP contribution < -0.4 is 30.0 Å². The Morgan fingerprint density at radius 1 is 1.24 bits per heavy atom. The molecule has 1 unspecified atom stereocenters. The highest BCUT2D eigenvalue weighted by atomic mass is 16.6. The Morgan fingerprint density at radius 2 is 2.12 bits per heavy atom. The van der Waals surface area contributed by atoms with Crippen LogP contribution >= 0.6 is 0 Å². The van der Waals surface area contributed by atoms with Gasteiger partial charge in [-0.3, -0.25) is 0 Å². The summed E-state index contributed by atoms with van der Waals surface area (Å²) in [4.78, 5) is 0. The van der Waals surface area contributed by atoms with Crippen molar-refractivity contribution < 1.29 is 18.9 Å². The predicted octanol–water partition coefficient (Wildman–Crippen LogP) is 2.48. The molecule has 0 fully saturated rings. The Kier molecular flexibility index (Phi) is 5.85. The summed E-state index contributed by atoms with van der Waals surface area (Å²) < 4.78 is 22.7. The van der Waals surface area contributed by atoms with Crippen LogP contribution in [0.1, 0.15) is 6.42 Å². The third-order valence-electron chi connectivity index (χ3n) is 3.87. The lowest BCUT2D eigenvalue weighted by molar-refractivity contribution is 0.0871. The van der Waals surface area contributed by atoms with Gasteiger partial charge in [0.2, 0.25) is 5.75 Å². The fraction of sp³-hybridized carbons (Fsp3) is 0.368. The average molecular weight is 344 g/mol. The van der Waals surface area contributed by atoms with Crippen LogP contribution in [0.15, 0.2) is 42.5 Å². The van der Waals surface area contributed by atoms with Crippen LogP contribution in [0.5, 0.6) is 23.0 Å². The van der Waals surface area contributed by atoms with E-state index in [1.165, 1.54) is 0 Å². The van der Waals surface area contributed by atoms with E-state index in [2.05, 4.69) is 5.32 Å². The second-order valence-corrected chi connectivity index (χ2v) is 5.82. The summed E-state index contributed by atoms with van der Waals surface area (Å²) >= 11 is 0. The monoisotopic (exact) mass is 344 g/mol. The highest BCUT2D eigenvalue weighted by Crippen LogP contribution is 2.39. The smallest absolute Gasteiger partial charge is 0.203 e. The van der Waals surface area contributed by atoms with Crippen LogP contribution in [0.4, 0.5) is 5.69 Å². The first-order valence-corrected chi connectivity index (χ1v) is 8.42. The van der Waals surface area contributed by atoms with Crippen LogP contribution in [0.3, 0.4) is 0 Å². The molecular formula is C19H24N2O4. The molecule has 0 radical (unpaired) electrons. The van der Waals surface area contributed by atoms with Gasteiger partial charge in [0, 0.05) is 18.3 Å². The number of nitrogens with two attached hydrogens (primary N) is 1. The molecule has 2 aromatic carbocycles. The van der Waals surface area contributed by atoms with Crippen molar-refractivity contribution in [3.8, 4) is 23.0 Å². The Bertz CT molecular complexity index is 693. The van der Waals surface area contributed by atoms with Crippen LogP contribution in [-0.2, 0) is 0 Å². The molecule has 25 heavy (non-hydrogen) atoms. The second-order valence-electron chi connectivity index (χ2n) is 5.82. The van der Waals surface area contributed by atoms with Gasteiger partial charge in [-0.25, -0.2) is 0 Å². The molecule has 2 aromatic rings. The number of methoxy groups -OCH3 is 1. The molecule has 0 bridgehead atoms. The van der Waals surface area contributed by atoms with Crippen molar-refractivity contribution in [2.45, 2.75) is 12.5 Å². The third kappa shape index (κ3) is 4.70. The molecule has 0 aromatic heterocycles. The van der Waals surface area contributed by atoms with E-state index in [1.54, 1.807) is 7.11 Å². The minimum atomic E-state index is -0.0190. The molecule has 3 N–H and O–H groups in total. The van der Waals surface area contributed by atoms with Gasteiger partial charge in [-0.05, 0) is 37.2 Å². The topological polar surface area (TPSA) is 75.0 Å². The zero-order valence-corrected chi connectivity index (χ0v) is 14.4. The maximum Gasteiger partial charge on any atom is 0.203 e. The lowest BCUT2D eigenvalue weighted by Crippen LogP contribution is -2.39. The number of para-hydroxylation sites is 1. The van der Waals surface area contributed by atoms with Crippen molar-refractivity contribution in [2.24, 2.45) is 0 Å². The molecular weight excluding hydrogens is 320 g/mol. The maximum absolute atomic E-state index is 5.95. The number of rotatable bonds is 8. The van der Waals surface area contributed by atoms with Crippen LogP contribution in [0, 0.1) is 0 Å². The van der Waals surface area contributed by atoms with E-state index in [0.29, 0.717) is 30.4 Å². The van der Waals surface area contributed by atoms with Gasteiger partial charge in [-0.2, -0.15) is 0 Å². The zero-order chi connectivity index (χ0) is 17.5. The van der Waals surface area contributed by atoms with Gasteiger partial charge in [0.15, 0.2) is 11.5 Å². The van der Waals surface area contributed by atoms with Crippen molar-refractivity contribution in [3.63, 3.8) is 0 Å².